The molecule has 0 saturated carbocycles. The van der Waals surface area contributed by atoms with E-state index in [4.69, 9.17) is 9.47 Å². The second kappa shape index (κ2) is 6.47. The first-order valence-electron chi connectivity index (χ1n) is 7.88. The minimum absolute atomic E-state index is 0.817. The summed E-state index contributed by atoms with van der Waals surface area (Å²) in [6.45, 7) is 0. The van der Waals surface area contributed by atoms with E-state index in [1.807, 2.05) is 97.1 Å². The minimum Gasteiger partial charge on any atom is -0.457 e. The average Bonchev–Trinajstić information content (AvgIpc) is 2.64. The van der Waals surface area contributed by atoms with E-state index in [0.29, 0.717) is 0 Å². The zero-order valence-corrected chi connectivity index (χ0v) is 13.1. The number of fused-ring (bicyclic) bond motifs is 1. The molecule has 0 aliphatic rings. The van der Waals surface area contributed by atoms with Crippen LogP contribution in [0.5, 0.6) is 23.0 Å². The summed E-state index contributed by atoms with van der Waals surface area (Å²) in [5, 5.41) is 2.05. The van der Waals surface area contributed by atoms with Gasteiger partial charge in [-0.25, -0.2) is 0 Å². The molecule has 0 saturated heterocycles. The van der Waals surface area contributed by atoms with Crippen LogP contribution in [0.25, 0.3) is 10.8 Å². The van der Waals surface area contributed by atoms with Crippen molar-refractivity contribution >= 4 is 10.8 Å². The van der Waals surface area contributed by atoms with Gasteiger partial charge in [-0.15, -0.1) is 0 Å². The highest BCUT2D eigenvalue weighted by molar-refractivity contribution is 5.93. The third-order valence-electron chi connectivity index (χ3n) is 3.78. The molecule has 0 N–H and O–H groups in total. The van der Waals surface area contributed by atoms with Crippen LogP contribution in [0, 0.1) is 0 Å². The Hall–Kier alpha value is -3.26. The van der Waals surface area contributed by atoms with Gasteiger partial charge in [-0.1, -0.05) is 60.7 Å². The Morgan fingerprint density at radius 2 is 0.792 bits per heavy atom. The summed E-state index contributed by atoms with van der Waals surface area (Å²) in [6, 6.07) is 31.6. The number of rotatable bonds is 4. The molecular formula is C22H16O2. The van der Waals surface area contributed by atoms with E-state index >= 15 is 0 Å². The van der Waals surface area contributed by atoms with Crippen LogP contribution in [0.15, 0.2) is 97.1 Å². The van der Waals surface area contributed by atoms with Gasteiger partial charge in [0, 0.05) is 10.8 Å². The summed E-state index contributed by atoms with van der Waals surface area (Å²) in [7, 11) is 0. The minimum atomic E-state index is 0.817. The number of para-hydroxylation sites is 2. The van der Waals surface area contributed by atoms with Gasteiger partial charge in [-0.05, 0) is 36.4 Å². The molecule has 4 aromatic carbocycles. The zero-order valence-electron chi connectivity index (χ0n) is 13.1. The topological polar surface area (TPSA) is 18.5 Å². The monoisotopic (exact) mass is 312 g/mol. The van der Waals surface area contributed by atoms with Crippen LogP contribution in [0.2, 0.25) is 0 Å². The molecule has 0 fully saturated rings. The summed E-state index contributed by atoms with van der Waals surface area (Å²) in [6.07, 6.45) is 0. The Balaban J connectivity index is 1.74. The third-order valence-corrected chi connectivity index (χ3v) is 3.78. The van der Waals surface area contributed by atoms with Crippen molar-refractivity contribution in [1.29, 1.82) is 0 Å². The molecule has 0 heterocycles. The highest BCUT2D eigenvalue weighted by atomic mass is 16.5. The van der Waals surface area contributed by atoms with Gasteiger partial charge >= 0.3 is 0 Å². The fourth-order valence-corrected chi connectivity index (χ4v) is 2.66. The molecule has 0 bridgehead atoms. The first kappa shape index (κ1) is 14.3. The molecule has 0 atom stereocenters. The van der Waals surface area contributed by atoms with Crippen molar-refractivity contribution in [3.8, 4) is 23.0 Å². The van der Waals surface area contributed by atoms with Gasteiger partial charge in [-0.3, -0.25) is 0 Å². The highest BCUT2D eigenvalue weighted by Crippen LogP contribution is 2.36. The van der Waals surface area contributed by atoms with Gasteiger partial charge in [0.2, 0.25) is 0 Å². The second-order valence-electron chi connectivity index (χ2n) is 5.44. The van der Waals surface area contributed by atoms with Crippen molar-refractivity contribution in [3.05, 3.63) is 97.1 Å². The fourth-order valence-electron chi connectivity index (χ4n) is 2.66. The van der Waals surface area contributed by atoms with Crippen molar-refractivity contribution in [2.75, 3.05) is 0 Å². The largest absolute Gasteiger partial charge is 0.457 e. The maximum atomic E-state index is 6.04. The summed E-state index contributed by atoms with van der Waals surface area (Å²) >= 11 is 0. The van der Waals surface area contributed by atoms with E-state index in [2.05, 4.69) is 0 Å². The molecule has 2 nitrogen and oxygen atoms in total. The second-order valence-corrected chi connectivity index (χ2v) is 5.44. The molecule has 0 spiro atoms. The van der Waals surface area contributed by atoms with Gasteiger partial charge < -0.3 is 9.47 Å². The molecule has 0 aliphatic heterocycles. The highest BCUT2D eigenvalue weighted by Gasteiger charge is 2.08. The van der Waals surface area contributed by atoms with Crippen LogP contribution >= 0.6 is 0 Å². The lowest BCUT2D eigenvalue weighted by Gasteiger charge is -2.12. The van der Waals surface area contributed by atoms with E-state index in [1.54, 1.807) is 0 Å². The van der Waals surface area contributed by atoms with Crippen LogP contribution < -0.4 is 9.47 Å². The Morgan fingerprint density at radius 1 is 0.375 bits per heavy atom. The summed E-state index contributed by atoms with van der Waals surface area (Å²) < 4.78 is 12.1. The number of hydrogen-bond donors (Lipinski definition) is 0. The predicted molar refractivity (Wildman–Crippen MR) is 97.0 cm³/mol. The van der Waals surface area contributed by atoms with E-state index in [1.165, 1.54) is 0 Å². The average molecular weight is 312 g/mol. The third kappa shape index (κ3) is 2.95. The van der Waals surface area contributed by atoms with Crippen molar-refractivity contribution < 1.29 is 9.47 Å². The fraction of sp³-hybridized carbons (Fsp3) is 0. The summed E-state index contributed by atoms with van der Waals surface area (Å²) in [4.78, 5) is 0. The van der Waals surface area contributed by atoms with Gasteiger partial charge in [0.05, 0.1) is 0 Å². The lowest BCUT2D eigenvalue weighted by molar-refractivity contribution is 0.483. The molecule has 116 valence electrons. The molecule has 4 aromatic rings. The lowest BCUT2D eigenvalue weighted by atomic mass is 10.1. The molecule has 0 aromatic heterocycles. The molecule has 2 heteroatoms. The van der Waals surface area contributed by atoms with Crippen LogP contribution in [0.4, 0.5) is 0 Å². The first-order valence-corrected chi connectivity index (χ1v) is 7.88. The number of hydrogen-bond acceptors (Lipinski definition) is 2. The molecule has 0 radical (unpaired) electrons. The molecule has 0 unspecified atom stereocenters. The van der Waals surface area contributed by atoms with Crippen molar-refractivity contribution in [3.63, 3.8) is 0 Å². The van der Waals surface area contributed by atoms with Gasteiger partial charge in [0.15, 0.2) is 0 Å². The van der Waals surface area contributed by atoms with Crippen LogP contribution in [0.3, 0.4) is 0 Å². The SMILES string of the molecule is c1ccc(Oc2cccc3c(Oc4ccccc4)cccc23)cc1. The van der Waals surface area contributed by atoms with E-state index < -0.39 is 0 Å². The Kier molecular flexibility index (Phi) is 3.86. The van der Waals surface area contributed by atoms with Crippen LogP contribution in [-0.4, -0.2) is 0 Å². The molecule has 24 heavy (non-hydrogen) atoms. The predicted octanol–water partition coefficient (Wildman–Crippen LogP) is 6.42. The molecule has 0 aliphatic carbocycles. The van der Waals surface area contributed by atoms with E-state index in [-0.39, 0.29) is 0 Å². The summed E-state index contributed by atoms with van der Waals surface area (Å²) in [5.41, 5.74) is 0. The van der Waals surface area contributed by atoms with Crippen LogP contribution in [0.1, 0.15) is 0 Å². The standard InChI is InChI=1S/C22H16O2/c1-3-9-17(10-4-1)23-21-15-7-14-20-19(21)13-8-16-22(20)24-18-11-5-2-6-12-18/h1-16H. The maximum absolute atomic E-state index is 6.04. The Morgan fingerprint density at radius 3 is 1.21 bits per heavy atom. The van der Waals surface area contributed by atoms with E-state index in [0.717, 1.165) is 33.8 Å². The number of ether oxygens (including phenoxy) is 2. The molecule has 4 rings (SSSR count). The Labute approximate surface area is 140 Å². The Bertz CT molecular complexity index is 866. The van der Waals surface area contributed by atoms with Gasteiger partial charge in [0.25, 0.3) is 0 Å². The zero-order chi connectivity index (χ0) is 16.2. The van der Waals surface area contributed by atoms with Crippen molar-refractivity contribution in [2.24, 2.45) is 0 Å². The molecule has 0 amide bonds. The molecular weight excluding hydrogens is 296 g/mol. The van der Waals surface area contributed by atoms with Gasteiger partial charge in [0.1, 0.15) is 23.0 Å². The van der Waals surface area contributed by atoms with Crippen molar-refractivity contribution in [2.45, 2.75) is 0 Å². The smallest absolute Gasteiger partial charge is 0.135 e. The van der Waals surface area contributed by atoms with Gasteiger partial charge in [-0.2, -0.15) is 0 Å². The maximum Gasteiger partial charge on any atom is 0.135 e. The number of benzene rings is 4. The summed E-state index contributed by atoms with van der Waals surface area (Å²) in [5.74, 6) is 3.27. The first-order chi connectivity index (χ1) is 11.9. The quantitative estimate of drug-likeness (QED) is 0.432. The van der Waals surface area contributed by atoms with Crippen LogP contribution in [-0.2, 0) is 0 Å². The lowest BCUT2D eigenvalue weighted by Crippen LogP contribution is -1.89. The van der Waals surface area contributed by atoms with E-state index in [9.17, 15) is 0 Å². The van der Waals surface area contributed by atoms with Crippen molar-refractivity contribution in [1.82, 2.24) is 0 Å². The normalized spacial score (nSPS) is 10.5.